The number of benzene rings is 1. The lowest BCUT2D eigenvalue weighted by Gasteiger charge is -1.97. The molecule has 21 heavy (non-hydrogen) atoms. The van der Waals surface area contributed by atoms with Gasteiger partial charge < -0.3 is 0 Å². The monoisotopic (exact) mass is 298 g/mol. The number of carbonyl (C=O) groups excluding carboxylic acids is 1. The van der Waals surface area contributed by atoms with Crippen molar-refractivity contribution in [3.8, 4) is 6.07 Å². The molecule has 1 heterocycles. The van der Waals surface area contributed by atoms with Crippen LogP contribution in [0.1, 0.15) is 35.9 Å². The van der Waals surface area contributed by atoms with E-state index in [4.69, 9.17) is 5.26 Å². The lowest BCUT2D eigenvalue weighted by atomic mass is 10.1. The van der Waals surface area contributed by atoms with Gasteiger partial charge in [0.15, 0.2) is 0 Å². The summed E-state index contributed by atoms with van der Waals surface area (Å²) in [6, 6.07) is 9.17. The molecule has 0 aliphatic carbocycles. The highest BCUT2D eigenvalue weighted by Crippen LogP contribution is 2.22. The number of carbonyl (C=O) groups is 1. The zero-order valence-corrected chi connectivity index (χ0v) is 12.5. The second-order valence-electron chi connectivity index (χ2n) is 4.62. The Bertz CT molecular complexity index is 712. The summed E-state index contributed by atoms with van der Waals surface area (Å²) in [6.45, 7) is 4.04. The van der Waals surface area contributed by atoms with Crippen LogP contribution in [-0.2, 0) is 4.79 Å². The Morgan fingerprint density at radius 1 is 1.38 bits per heavy atom. The number of nitrogens with zero attached hydrogens (tertiary/aromatic N) is 3. The highest BCUT2D eigenvalue weighted by molar-refractivity contribution is 7.15. The molecule has 6 heteroatoms. The molecule has 5 nitrogen and oxygen atoms in total. The summed E-state index contributed by atoms with van der Waals surface area (Å²) in [6.07, 6.45) is 2.99. The maximum Gasteiger partial charge on any atom is 0.250 e. The molecule has 2 rings (SSSR count). The molecule has 1 aromatic heterocycles. The molecule has 0 saturated carbocycles. The molecule has 0 atom stereocenters. The number of amides is 1. The molecule has 1 amide bonds. The molecule has 0 spiro atoms. The van der Waals surface area contributed by atoms with Crippen molar-refractivity contribution in [2.45, 2.75) is 19.8 Å². The minimum absolute atomic E-state index is 0.284. The van der Waals surface area contributed by atoms with Gasteiger partial charge >= 0.3 is 0 Å². The van der Waals surface area contributed by atoms with Gasteiger partial charge in [0.2, 0.25) is 11.0 Å². The standard InChI is InChI=1S/C15H14N4OS/c1-10(2)14-18-19-15(21-14)17-13(20)8-7-11-5-3-4-6-12(11)9-16/h3-8,10H,1-2H3,(H,17,19,20)/b8-7+. The molecule has 1 N–H and O–H groups in total. The molecular formula is C15H14N4OS. The summed E-state index contributed by atoms with van der Waals surface area (Å²) in [7, 11) is 0. The van der Waals surface area contributed by atoms with Crippen LogP contribution in [0.5, 0.6) is 0 Å². The van der Waals surface area contributed by atoms with Crippen LogP contribution in [0.4, 0.5) is 5.13 Å². The van der Waals surface area contributed by atoms with E-state index in [1.807, 2.05) is 19.9 Å². The van der Waals surface area contributed by atoms with Crippen molar-refractivity contribution in [2.75, 3.05) is 5.32 Å². The molecular weight excluding hydrogens is 284 g/mol. The average molecular weight is 298 g/mol. The Hall–Kier alpha value is -2.52. The van der Waals surface area contributed by atoms with Crippen LogP contribution < -0.4 is 5.32 Å². The summed E-state index contributed by atoms with van der Waals surface area (Å²) >= 11 is 1.36. The van der Waals surface area contributed by atoms with E-state index in [1.54, 1.807) is 24.3 Å². The van der Waals surface area contributed by atoms with E-state index < -0.39 is 0 Å². The zero-order valence-electron chi connectivity index (χ0n) is 11.7. The molecule has 0 aliphatic heterocycles. The normalized spacial score (nSPS) is 10.8. The van der Waals surface area contributed by atoms with E-state index in [2.05, 4.69) is 21.6 Å². The van der Waals surface area contributed by atoms with Gasteiger partial charge in [-0.15, -0.1) is 10.2 Å². The third-order valence-corrected chi connectivity index (χ3v) is 3.80. The fraction of sp³-hybridized carbons (Fsp3) is 0.200. The lowest BCUT2D eigenvalue weighted by molar-refractivity contribution is -0.111. The van der Waals surface area contributed by atoms with Gasteiger partial charge in [-0.25, -0.2) is 0 Å². The fourth-order valence-corrected chi connectivity index (χ4v) is 2.32. The maximum absolute atomic E-state index is 11.8. The Balaban J connectivity index is 2.04. The number of anilines is 1. The summed E-state index contributed by atoms with van der Waals surface area (Å²) in [5.74, 6) is -0.0135. The Morgan fingerprint density at radius 2 is 2.14 bits per heavy atom. The Labute approximate surface area is 127 Å². The molecule has 0 saturated heterocycles. The van der Waals surface area contributed by atoms with Gasteiger partial charge in [0.05, 0.1) is 11.6 Å². The minimum atomic E-state index is -0.297. The van der Waals surface area contributed by atoms with Crippen molar-refractivity contribution in [1.29, 1.82) is 5.26 Å². The minimum Gasteiger partial charge on any atom is -0.297 e. The first-order valence-corrected chi connectivity index (χ1v) is 7.23. The lowest BCUT2D eigenvalue weighted by Crippen LogP contribution is -2.07. The van der Waals surface area contributed by atoms with Gasteiger partial charge in [-0.2, -0.15) is 5.26 Å². The van der Waals surface area contributed by atoms with Gasteiger partial charge in [0.1, 0.15) is 5.01 Å². The van der Waals surface area contributed by atoms with Gasteiger partial charge in [0.25, 0.3) is 0 Å². The second-order valence-corrected chi connectivity index (χ2v) is 5.63. The van der Waals surface area contributed by atoms with Crippen molar-refractivity contribution >= 4 is 28.5 Å². The zero-order chi connectivity index (χ0) is 15.2. The van der Waals surface area contributed by atoms with E-state index >= 15 is 0 Å². The summed E-state index contributed by atoms with van der Waals surface area (Å²) in [4.78, 5) is 11.8. The Kier molecular flexibility index (Phi) is 4.80. The fourth-order valence-electron chi connectivity index (χ4n) is 1.58. The number of rotatable bonds is 4. The first-order chi connectivity index (χ1) is 10.1. The van der Waals surface area contributed by atoms with Gasteiger partial charge in [-0.3, -0.25) is 10.1 Å². The predicted molar refractivity (Wildman–Crippen MR) is 82.8 cm³/mol. The van der Waals surface area contributed by atoms with Crippen molar-refractivity contribution in [3.05, 3.63) is 46.5 Å². The predicted octanol–water partition coefficient (Wildman–Crippen LogP) is 3.19. The number of nitrogens with one attached hydrogen (secondary N) is 1. The highest BCUT2D eigenvalue weighted by atomic mass is 32.1. The van der Waals surface area contributed by atoms with E-state index in [1.165, 1.54) is 17.4 Å². The first-order valence-electron chi connectivity index (χ1n) is 6.41. The van der Waals surface area contributed by atoms with Crippen LogP contribution in [0.3, 0.4) is 0 Å². The number of hydrogen-bond acceptors (Lipinski definition) is 5. The molecule has 1 aromatic carbocycles. The molecule has 0 radical (unpaired) electrons. The van der Waals surface area contributed by atoms with E-state index in [0.717, 1.165) is 5.01 Å². The second kappa shape index (κ2) is 6.77. The van der Waals surface area contributed by atoms with Crippen LogP contribution in [0, 0.1) is 11.3 Å². The van der Waals surface area contributed by atoms with E-state index in [-0.39, 0.29) is 11.8 Å². The summed E-state index contributed by atoms with van der Waals surface area (Å²) < 4.78 is 0. The summed E-state index contributed by atoms with van der Waals surface area (Å²) in [5.41, 5.74) is 1.23. The molecule has 0 fully saturated rings. The quantitative estimate of drug-likeness (QED) is 0.879. The molecule has 0 aliphatic rings. The Morgan fingerprint density at radius 3 is 2.81 bits per heavy atom. The van der Waals surface area contributed by atoms with Gasteiger partial charge in [-0.05, 0) is 17.7 Å². The van der Waals surface area contributed by atoms with Crippen LogP contribution in [0.15, 0.2) is 30.3 Å². The van der Waals surface area contributed by atoms with E-state index in [0.29, 0.717) is 16.3 Å². The van der Waals surface area contributed by atoms with Crippen LogP contribution in [0.2, 0.25) is 0 Å². The van der Waals surface area contributed by atoms with Crippen LogP contribution in [0.25, 0.3) is 6.08 Å². The molecule has 2 aromatic rings. The maximum atomic E-state index is 11.8. The third kappa shape index (κ3) is 3.97. The summed E-state index contributed by atoms with van der Waals surface area (Å²) in [5, 5.41) is 20.9. The smallest absolute Gasteiger partial charge is 0.250 e. The SMILES string of the molecule is CC(C)c1nnc(NC(=O)/C=C/c2ccccc2C#N)s1. The van der Waals surface area contributed by atoms with Gasteiger partial charge in [-0.1, -0.05) is 43.4 Å². The molecule has 106 valence electrons. The van der Waals surface area contributed by atoms with Crippen molar-refractivity contribution in [1.82, 2.24) is 10.2 Å². The number of aromatic nitrogens is 2. The van der Waals surface area contributed by atoms with Gasteiger partial charge in [0, 0.05) is 12.0 Å². The van der Waals surface area contributed by atoms with Crippen LogP contribution in [-0.4, -0.2) is 16.1 Å². The van der Waals surface area contributed by atoms with Crippen molar-refractivity contribution < 1.29 is 4.79 Å². The largest absolute Gasteiger partial charge is 0.297 e. The molecule has 0 bridgehead atoms. The third-order valence-electron chi connectivity index (χ3n) is 2.66. The van der Waals surface area contributed by atoms with Crippen molar-refractivity contribution in [3.63, 3.8) is 0 Å². The number of nitriles is 1. The van der Waals surface area contributed by atoms with E-state index in [9.17, 15) is 4.79 Å². The first kappa shape index (κ1) is 14.9. The average Bonchev–Trinajstić information content (AvgIpc) is 2.94. The molecule has 0 unspecified atom stereocenters. The highest BCUT2D eigenvalue weighted by Gasteiger charge is 2.09. The topological polar surface area (TPSA) is 78.7 Å². The van der Waals surface area contributed by atoms with Crippen molar-refractivity contribution in [2.24, 2.45) is 0 Å². The van der Waals surface area contributed by atoms with Crippen LogP contribution >= 0.6 is 11.3 Å². The number of hydrogen-bond donors (Lipinski definition) is 1.